The average molecular weight is 405 g/mol. The third-order valence-electron chi connectivity index (χ3n) is 4.73. The molecule has 1 aromatic heterocycles. The maximum Gasteiger partial charge on any atom is 0.356 e. The largest absolute Gasteiger partial charge is 0.476 e. The highest BCUT2D eigenvalue weighted by Crippen LogP contribution is 2.36. The summed E-state index contributed by atoms with van der Waals surface area (Å²) in [7, 11) is 1.77. The minimum absolute atomic E-state index is 0. The van der Waals surface area contributed by atoms with Crippen molar-refractivity contribution in [1.29, 1.82) is 0 Å². The summed E-state index contributed by atoms with van der Waals surface area (Å²) < 4.78 is 1.64. The van der Waals surface area contributed by atoms with Gasteiger partial charge in [0.25, 0.3) is 0 Å². The van der Waals surface area contributed by atoms with Crippen LogP contribution in [-0.4, -0.2) is 20.9 Å². The number of hydrogen-bond acceptors (Lipinski definition) is 2. The molecule has 1 heterocycles. The Balaban J connectivity index is 0.00000261. The lowest BCUT2D eigenvalue weighted by molar-refractivity contribution is 0.0688. The van der Waals surface area contributed by atoms with Gasteiger partial charge in [0.15, 0.2) is 5.69 Å². The van der Waals surface area contributed by atoms with Crippen molar-refractivity contribution >= 4 is 30.0 Å². The van der Waals surface area contributed by atoms with Crippen LogP contribution in [0, 0.1) is 13.8 Å². The van der Waals surface area contributed by atoms with E-state index >= 15 is 0 Å². The number of carboxylic acid groups (broad SMARTS) is 1. The normalized spacial score (nSPS) is 11.7. The summed E-state index contributed by atoms with van der Waals surface area (Å²) in [4.78, 5) is 11.8. The second-order valence-electron chi connectivity index (χ2n) is 6.64. The molecular weight excluding hydrogens is 383 g/mol. The van der Waals surface area contributed by atoms with E-state index in [4.69, 9.17) is 11.6 Å². The quantitative estimate of drug-likeness (QED) is 0.612. The van der Waals surface area contributed by atoms with E-state index < -0.39 is 5.97 Å². The van der Waals surface area contributed by atoms with E-state index in [9.17, 15) is 9.90 Å². The van der Waals surface area contributed by atoms with Gasteiger partial charge in [-0.2, -0.15) is 5.10 Å². The van der Waals surface area contributed by atoms with Gasteiger partial charge in [0.1, 0.15) is 0 Å². The van der Waals surface area contributed by atoms with Crippen LogP contribution in [0.2, 0.25) is 5.02 Å². The first kappa shape index (κ1) is 21.0. The van der Waals surface area contributed by atoms with Crippen LogP contribution >= 0.6 is 24.0 Å². The first-order chi connectivity index (χ1) is 12.3. The second-order valence-corrected chi connectivity index (χ2v) is 7.04. The van der Waals surface area contributed by atoms with Gasteiger partial charge in [0.2, 0.25) is 0 Å². The maximum atomic E-state index is 11.8. The monoisotopic (exact) mass is 404 g/mol. The highest BCUT2D eigenvalue weighted by Gasteiger charge is 2.27. The van der Waals surface area contributed by atoms with E-state index in [2.05, 4.69) is 5.10 Å². The van der Waals surface area contributed by atoms with Crippen molar-refractivity contribution in [2.45, 2.75) is 26.7 Å². The molecule has 1 unspecified atom stereocenters. The molecule has 0 radical (unpaired) electrons. The molecule has 0 aliphatic heterocycles. The molecule has 1 atom stereocenters. The van der Waals surface area contributed by atoms with Crippen LogP contribution in [0.25, 0.3) is 11.3 Å². The Kier molecular flexibility index (Phi) is 6.34. The van der Waals surface area contributed by atoms with Crippen LogP contribution in [0.1, 0.15) is 45.6 Å². The van der Waals surface area contributed by atoms with Crippen LogP contribution in [0.4, 0.5) is 0 Å². The second kappa shape index (κ2) is 8.15. The summed E-state index contributed by atoms with van der Waals surface area (Å²) >= 11 is 6.16. The Morgan fingerprint density at radius 3 is 2.33 bits per heavy atom. The van der Waals surface area contributed by atoms with Crippen molar-refractivity contribution in [3.63, 3.8) is 0 Å². The van der Waals surface area contributed by atoms with Crippen LogP contribution < -0.4 is 0 Å². The van der Waals surface area contributed by atoms with Gasteiger partial charge < -0.3 is 5.11 Å². The van der Waals surface area contributed by atoms with Crippen molar-refractivity contribution in [3.05, 3.63) is 75.4 Å². The number of aromatic carboxylic acids is 1. The molecule has 142 valence electrons. The number of aromatic nitrogens is 2. The fraction of sp³-hybridized carbons (Fsp3) is 0.238. The third-order valence-corrected chi connectivity index (χ3v) is 5.15. The summed E-state index contributed by atoms with van der Waals surface area (Å²) in [6.45, 7) is 5.98. The molecular formula is C21H22Cl2N2O2. The lowest BCUT2D eigenvalue weighted by atomic mass is 9.88. The molecule has 0 aliphatic carbocycles. The molecule has 0 spiro atoms. The number of benzene rings is 2. The van der Waals surface area contributed by atoms with Crippen molar-refractivity contribution < 1.29 is 9.90 Å². The van der Waals surface area contributed by atoms with Crippen LogP contribution in [-0.2, 0) is 7.05 Å². The zero-order valence-corrected chi connectivity index (χ0v) is 17.2. The minimum atomic E-state index is -1.02. The summed E-state index contributed by atoms with van der Waals surface area (Å²) in [6.07, 6.45) is 0. The highest BCUT2D eigenvalue weighted by atomic mass is 35.5. The Hall–Kier alpha value is -2.30. The molecule has 0 saturated carbocycles. The van der Waals surface area contributed by atoms with E-state index in [0.717, 1.165) is 22.4 Å². The molecule has 6 heteroatoms. The summed E-state index contributed by atoms with van der Waals surface area (Å²) in [5.41, 5.74) is 5.67. The SMILES string of the molecule is Cc1ccc(C(C)c2c(C(=O)O)nn(C)c2-c2ccc(Cl)c(C)c2)cc1.Cl. The Bertz CT molecular complexity index is 979. The molecule has 4 nitrogen and oxygen atoms in total. The van der Waals surface area contributed by atoms with Crippen molar-refractivity contribution in [3.8, 4) is 11.3 Å². The van der Waals surface area contributed by atoms with E-state index in [1.165, 1.54) is 5.56 Å². The number of halogens is 2. The fourth-order valence-electron chi connectivity index (χ4n) is 3.26. The molecule has 3 aromatic rings. The number of carbonyl (C=O) groups is 1. The zero-order chi connectivity index (χ0) is 19.0. The maximum absolute atomic E-state index is 11.8. The lowest BCUT2D eigenvalue weighted by Crippen LogP contribution is -2.06. The molecule has 1 N–H and O–H groups in total. The number of hydrogen-bond donors (Lipinski definition) is 1. The van der Waals surface area contributed by atoms with Gasteiger partial charge >= 0.3 is 5.97 Å². The number of rotatable bonds is 4. The van der Waals surface area contributed by atoms with Gasteiger partial charge in [-0.1, -0.05) is 54.4 Å². The predicted molar refractivity (Wildman–Crippen MR) is 111 cm³/mol. The minimum Gasteiger partial charge on any atom is -0.476 e. The summed E-state index contributed by atoms with van der Waals surface area (Å²) in [5, 5.41) is 14.7. The fourth-order valence-corrected chi connectivity index (χ4v) is 3.38. The molecule has 3 rings (SSSR count). The zero-order valence-electron chi connectivity index (χ0n) is 15.7. The Morgan fingerprint density at radius 2 is 1.78 bits per heavy atom. The molecule has 0 bridgehead atoms. The highest BCUT2D eigenvalue weighted by molar-refractivity contribution is 6.31. The van der Waals surface area contributed by atoms with Crippen molar-refractivity contribution in [2.75, 3.05) is 0 Å². The molecule has 27 heavy (non-hydrogen) atoms. The van der Waals surface area contributed by atoms with Gasteiger partial charge in [-0.25, -0.2) is 4.79 Å². The van der Waals surface area contributed by atoms with Crippen LogP contribution in [0.3, 0.4) is 0 Å². The van der Waals surface area contributed by atoms with E-state index in [1.54, 1.807) is 11.7 Å². The van der Waals surface area contributed by atoms with E-state index in [-0.39, 0.29) is 24.0 Å². The number of nitrogens with zero attached hydrogens (tertiary/aromatic N) is 2. The van der Waals surface area contributed by atoms with Gasteiger partial charge in [0, 0.05) is 29.1 Å². The molecule has 0 amide bonds. The van der Waals surface area contributed by atoms with Crippen molar-refractivity contribution in [1.82, 2.24) is 9.78 Å². The number of aryl methyl sites for hydroxylation is 3. The van der Waals surface area contributed by atoms with Crippen LogP contribution in [0.5, 0.6) is 0 Å². The van der Waals surface area contributed by atoms with Crippen LogP contribution in [0.15, 0.2) is 42.5 Å². The van der Waals surface area contributed by atoms with E-state index in [0.29, 0.717) is 10.6 Å². The first-order valence-corrected chi connectivity index (χ1v) is 8.80. The van der Waals surface area contributed by atoms with Gasteiger partial charge in [0.05, 0.1) is 5.69 Å². The predicted octanol–water partition coefficient (Wildman–Crippen LogP) is 5.63. The average Bonchev–Trinajstić information content (AvgIpc) is 2.95. The van der Waals surface area contributed by atoms with Gasteiger partial charge in [-0.05, 0) is 37.1 Å². The summed E-state index contributed by atoms with van der Waals surface area (Å²) in [6, 6.07) is 13.9. The first-order valence-electron chi connectivity index (χ1n) is 8.43. The van der Waals surface area contributed by atoms with E-state index in [1.807, 2.05) is 63.2 Å². The number of carboxylic acids is 1. The standard InChI is InChI=1S/C21H21ClN2O2.ClH/c1-12-5-7-15(8-6-12)14(3)18-19(21(25)26)23-24(4)20(18)16-9-10-17(22)13(2)11-16;/h5-11,14H,1-4H3,(H,25,26);1H. The Morgan fingerprint density at radius 1 is 1.15 bits per heavy atom. The van der Waals surface area contributed by atoms with Crippen molar-refractivity contribution in [2.24, 2.45) is 7.05 Å². The molecule has 0 fully saturated rings. The van der Waals surface area contributed by atoms with Gasteiger partial charge in [-0.15, -0.1) is 12.4 Å². The smallest absolute Gasteiger partial charge is 0.356 e. The Labute approximate surface area is 170 Å². The molecule has 2 aromatic carbocycles. The summed E-state index contributed by atoms with van der Waals surface area (Å²) in [5.74, 6) is -1.13. The van der Waals surface area contributed by atoms with Gasteiger partial charge in [-0.3, -0.25) is 4.68 Å². The third kappa shape index (κ3) is 4.02. The molecule has 0 saturated heterocycles. The molecule has 0 aliphatic rings. The topological polar surface area (TPSA) is 55.1 Å². The lowest BCUT2D eigenvalue weighted by Gasteiger charge is -2.16.